The molecular weight excluding hydrogens is 498 g/mol. The Labute approximate surface area is 229 Å². The van der Waals surface area contributed by atoms with E-state index in [0.29, 0.717) is 23.3 Å². The molecule has 1 N–H and O–H groups in total. The molecule has 1 aromatic heterocycles. The summed E-state index contributed by atoms with van der Waals surface area (Å²) in [5.41, 5.74) is 2.05. The van der Waals surface area contributed by atoms with Crippen LogP contribution in [-0.4, -0.2) is 100 Å². The molecule has 1 amide bonds. The van der Waals surface area contributed by atoms with Gasteiger partial charge in [0.05, 0.1) is 14.2 Å². The highest BCUT2D eigenvalue weighted by Crippen LogP contribution is 2.32. The lowest BCUT2D eigenvalue weighted by Gasteiger charge is -2.36. The van der Waals surface area contributed by atoms with Gasteiger partial charge in [0.2, 0.25) is 5.95 Å². The fraction of sp³-hybridized carbons (Fsp3) is 0.393. The van der Waals surface area contributed by atoms with Crippen molar-refractivity contribution in [2.75, 3.05) is 89.7 Å². The third-order valence-corrected chi connectivity index (χ3v) is 6.55. The standard InChI is InChI=1S/C28H37N7O4/c1-32(2)14-15-34-16-18-35(19-17-34)22-8-6-21(7-9-22)30-27-29-13-12-26(31-27)33(3)28(36)39-25-20-23(37-4)10-11-24(25)38-5/h6-13,20H,14-19H2,1-5H3,(H,29,30,31). The summed E-state index contributed by atoms with van der Waals surface area (Å²) in [4.78, 5) is 30.1. The highest BCUT2D eigenvalue weighted by Gasteiger charge is 2.19. The third-order valence-electron chi connectivity index (χ3n) is 6.55. The number of carbonyl (C=O) groups excluding carboxylic acids is 1. The monoisotopic (exact) mass is 535 g/mol. The van der Waals surface area contributed by atoms with Crippen LogP contribution < -0.4 is 29.3 Å². The number of amides is 1. The molecule has 4 rings (SSSR count). The molecule has 11 nitrogen and oxygen atoms in total. The number of benzene rings is 2. The van der Waals surface area contributed by atoms with Crippen LogP contribution in [0.15, 0.2) is 54.7 Å². The first-order valence-electron chi connectivity index (χ1n) is 12.9. The molecule has 0 bridgehead atoms. The maximum absolute atomic E-state index is 12.8. The van der Waals surface area contributed by atoms with E-state index in [1.807, 2.05) is 12.1 Å². The minimum absolute atomic E-state index is 0.246. The van der Waals surface area contributed by atoms with Crippen molar-refractivity contribution in [2.24, 2.45) is 0 Å². The summed E-state index contributed by atoms with van der Waals surface area (Å²) in [6.45, 7) is 6.33. The topological polar surface area (TPSA) is 95.5 Å². The number of likely N-dealkylation sites (N-methyl/N-ethyl adjacent to an activating group) is 1. The normalized spacial score (nSPS) is 13.7. The maximum Gasteiger partial charge on any atom is 0.420 e. The molecule has 1 fully saturated rings. The quantitative estimate of drug-likeness (QED) is 0.415. The fourth-order valence-corrected chi connectivity index (χ4v) is 4.17. The lowest BCUT2D eigenvalue weighted by Crippen LogP contribution is -2.48. The van der Waals surface area contributed by atoms with Gasteiger partial charge in [-0.3, -0.25) is 9.80 Å². The summed E-state index contributed by atoms with van der Waals surface area (Å²) in [7, 11) is 8.85. The molecule has 2 aromatic carbocycles. The van der Waals surface area contributed by atoms with Crippen LogP contribution in [0.2, 0.25) is 0 Å². The minimum Gasteiger partial charge on any atom is -0.497 e. The van der Waals surface area contributed by atoms with Crippen molar-refractivity contribution in [2.45, 2.75) is 0 Å². The Hall–Kier alpha value is -4.09. The molecule has 0 unspecified atom stereocenters. The van der Waals surface area contributed by atoms with E-state index in [4.69, 9.17) is 14.2 Å². The minimum atomic E-state index is -0.627. The van der Waals surface area contributed by atoms with E-state index < -0.39 is 6.09 Å². The van der Waals surface area contributed by atoms with Crippen LogP contribution in [0.4, 0.5) is 27.9 Å². The zero-order valence-electron chi connectivity index (χ0n) is 23.3. The summed E-state index contributed by atoms with van der Waals surface area (Å²) >= 11 is 0. The lowest BCUT2D eigenvalue weighted by molar-refractivity contribution is 0.206. The first-order chi connectivity index (χ1) is 18.9. The number of carbonyl (C=O) groups is 1. The smallest absolute Gasteiger partial charge is 0.420 e. The first kappa shape index (κ1) is 27.9. The van der Waals surface area contributed by atoms with E-state index in [2.05, 4.69) is 56.2 Å². The van der Waals surface area contributed by atoms with Crippen molar-refractivity contribution in [3.8, 4) is 17.2 Å². The van der Waals surface area contributed by atoms with Gasteiger partial charge in [0.25, 0.3) is 0 Å². The number of hydrogen-bond acceptors (Lipinski definition) is 10. The van der Waals surface area contributed by atoms with Crippen LogP contribution in [0.25, 0.3) is 0 Å². The van der Waals surface area contributed by atoms with Crippen molar-refractivity contribution >= 4 is 29.2 Å². The average Bonchev–Trinajstić information content (AvgIpc) is 2.96. The van der Waals surface area contributed by atoms with E-state index in [0.717, 1.165) is 45.0 Å². The Bertz CT molecular complexity index is 1230. The molecule has 3 aromatic rings. The van der Waals surface area contributed by atoms with Crippen molar-refractivity contribution < 1.29 is 19.0 Å². The molecule has 2 heterocycles. The molecule has 1 aliphatic heterocycles. The Morgan fingerprint density at radius 3 is 2.36 bits per heavy atom. The van der Waals surface area contributed by atoms with Gasteiger partial charge in [-0.2, -0.15) is 4.98 Å². The number of piperazine rings is 1. The number of ether oxygens (including phenoxy) is 3. The molecule has 0 radical (unpaired) electrons. The van der Waals surface area contributed by atoms with Gasteiger partial charge in [-0.1, -0.05) is 0 Å². The van der Waals surface area contributed by atoms with Crippen LogP contribution >= 0.6 is 0 Å². The second-order valence-electron chi connectivity index (χ2n) is 9.49. The van der Waals surface area contributed by atoms with Crippen LogP contribution in [0.1, 0.15) is 0 Å². The van der Waals surface area contributed by atoms with Gasteiger partial charge in [0, 0.05) is 70.0 Å². The summed E-state index contributed by atoms with van der Waals surface area (Å²) in [5.74, 6) is 1.95. The summed E-state index contributed by atoms with van der Waals surface area (Å²) < 4.78 is 16.1. The van der Waals surface area contributed by atoms with Gasteiger partial charge >= 0.3 is 6.09 Å². The Kier molecular flexibility index (Phi) is 9.40. The number of nitrogens with zero attached hydrogens (tertiary/aromatic N) is 6. The van der Waals surface area contributed by atoms with Crippen molar-refractivity contribution in [3.05, 3.63) is 54.7 Å². The summed E-state index contributed by atoms with van der Waals surface area (Å²) in [5, 5.41) is 3.22. The average molecular weight is 536 g/mol. The molecule has 208 valence electrons. The molecular formula is C28H37N7O4. The van der Waals surface area contributed by atoms with Gasteiger partial charge in [0.15, 0.2) is 11.5 Å². The van der Waals surface area contributed by atoms with Crippen molar-refractivity contribution in [1.82, 2.24) is 19.8 Å². The number of hydrogen-bond donors (Lipinski definition) is 1. The number of rotatable bonds is 10. The molecule has 11 heteroatoms. The van der Waals surface area contributed by atoms with Crippen LogP contribution in [0.5, 0.6) is 17.2 Å². The second kappa shape index (κ2) is 13.1. The number of nitrogens with one attached hydrogen (secondary N) is 1. The van der Waals surface area contributed by atoms with Gasteiger partial charge in [-0.15, -0.1) is 0 Å². The van der Waals surface area contributed by atoms with E-state index in [1.54, 1.807) is 37.5 Å². The van der Waals surface area contributed by atoms with Gasteiger partial charge in [-0.25, -0.2) is 9.78 Å². The highest BCUT2D eigenvalue weighted by atomic mass is 16.6. The van der Waals surface area contributed by atoms with Crippen LogP contribution in [-0.2, 0) is 0 Å². The third kappa shape index (κ3) is 7.49. The molecule has 0 saturated carbocycles. The van der Waals surface area contributed by atoms with E-state index in [1.165, 1.54) is 24.8 Å². The Balaban J connectivity index is 1.35. The maximum atomic E-state index is 12.8. The van der Waals surface area contributed by atoms with E-state index >= 15 is 0 Å². The summed E-state index contributed by atoms with van der Waals surface area (Å²) in [6, 6.07) is 14.9. The van der Waals surface area contributed by atoms with Gasteiger partial charge in [0.1, 0.15) is 11.6 Å². The Morgan fingerprint density at radius 2 is 1.69 bits per heavy atom. The number of anilines is 4. The number of methoxy groups -OCH3 is 2. The predicted octanol–water partition coefficient (Wildman–Crippen LogP) is 3.56. The Morgan fingerprint density at radius 1 is 0.949 bits per heavy atom. The molecule has 0 aliphatic carbocycles. The molecule has 0 atom stereocenters. The molecule has 39 heavy (non-hydrogen) atoms. The van der Waals surface area contributed by atoms with Crippen molar-refractivity contribution in [1.29, 1.82) is 0 Å². The van der Waals surface area contributed by atoms with Crippen LogP contribution in [0, 0.1) is 0 Å². The fourth-order valence-electron chi connectivity index (χ4n) is 4.17. The summed E-state index contributed by atoms with van der Waals surface area (Å²) in [6.07, 6.45) is 0.961. The molecule has 1 aliphatic rings. The van der Waals surface area contributed by atoms with Gasteiger partial charge in [-0.05, 0) is 56.6 Å². The van der Waals surface area contributed by atoms with Crippen molar-refractivity contribution in [3.63, 3.8) is 0 Å². The predicted molar refractivity (Wildman–Crippen MR) is 153 cm³/mol. The molecule has 1 saturated heterocycles. The second-order valence-corrected chi connectivity index (χ2v) is 9.49. The SMILES string of the molecule is COc1ccc(OC)c(OC(=O)N(C)c2ccnc(Nc3ccc(N4CCN(CCN(C)C)CC4)cc3)n2)c1. The zero-order valence-corrected chi connectivity index (χ0v) is 23.3. The zero-order chi connectivity index (χ0) is 27.8. The van der Waals surface area contributed by atoms with E-state index in [-0.39, 0.29) is 5.75 Å². The number of aromatic nitrogens is 2. The first-order valence-corrected chi connectivity index (χ1v) is 12.9. The van der Waals surface area contributed by atoms with Crippen LogP contribution in [0.3, 0.4) is 0 Å². The lowest BCUT2D eigenvalue weighted by atomic mass is 10.2. The largest absolute Gasteiger partial charge is 0.497 e. The highest BCUT2D eigenvalue weighted by molar-refractivity contribution is 5.88. The molecule has 0 spiro atoms. The van der Waals surface area contributed by atoms with Gasteiger partial charge < -0.3 is 29.3 Å². The van der Waals surface area contributed by atoms with E-state index in [9.17, 15) is 4.79 Å².